The molecular weight excluding hydrogens is 260 g/mol. The average Bonchev–Trinajstić information content (AvgIpc) is 2.34. The van der Waals surface area contributed by atoms with Crippen molar-refractivity contribution in [1.82, 2.24) is 0 Å². The zero-order valence-corrected chi connectivity index (χ0v) is 10.9. The number of halogens is 4. The van der Waals surface area contributed by atoms with E-state index in [0.29, 0.717) is 6.07 Å². The number of carbonyl (C=O) groups is 1. The zero-order valence-electron chi connectivity index (χ0n) is 10.9. The molecule has 0 aliphatic heterocycles. The molecule has 1 aromatic carbocycles. The fourth-order valence-corrected chi connectivity index (χ4v) is 1.92. The van der Waals surface area contributed by atoms with Crippen molar-refractivity contribution < 1.29 is 22.4 Å². The smallest absolute Gasteiger partial charge is 0.294 e. The SMILES string of the molecule is CCC(CC)CC(=O)c1cccc(C(F)(F)F)c1F. The summed E-state index contributed by atoms with van der Waals surface area (Å²) in [6, 6.07) is 2.81. The van der Waals surface area contributed by atoms with Gasteiger partial charge in [0, 0.05) is 6.42 Å². The quantitative estimate of drug-likeness (QED) is 0.554. The maximum atomic E-state index is 13.7. The molecule has 0 N–H and O–H groups in total. The summed E-state index contributed by atoms with van der Waals surface area (Å²) < 4.78 is 51.3. The lowest BCUT2D eigenvalue weighted by Crippen LogP contribution is -2.14. The molecular formula is C14H16F4O. The van der Waals surface area contributed by atoms with E-state index >= 15 is 0 Å². The van der Waals surface area contributed by atoms with Crippen LogP contribution >= 0.6 is 0 Å². The third-order valence-electron chi connectivity index (χ3n) is 3.23. The third-order valence-corrected chi connectivity index (χ3v) is 3.23. The summed E-state index contributed by atoms with van der Waals surface area (Å²) in [5.74, 6) is -1.97. The molecule has 19 heavy (non-hydrogen) atoms. The number of carbonyl (C=O) groups excluding carboxylic acids is 1. The first-order valence-electron chi connectivity index (χ1n) is 6.20. The number of hydrogen-bond acceptors (Lipinski definition) is 1. The van der Waals surface area contributed by atoms with Crippen LogP contribution in [0.15, 0.2) is 18.2 Å². The van der Waals surface area contributed by atoms with Crippen LogP contribution in [0.1, 0.15) is 49.0 Å². The van der Waals surface area contributed by atoms with E-state index in [2.05, 4.69) is 0 Å². The molecule has 106 valence electrons. The number of alkyl halides is 3. The molecule has 0 radical (unpaired) electrons. The maximum Gasteiger partial charge on any atom is 0.419 e. The molecule has 5 heteroatoms. The monoisotopic (exact) mass is 276 g/mol. The zero-order chi connectivity index (χ0) is 14.6. The highest BCUT2D eigenvalue weighted by Crippen LogP contribution is 2.33. The molecule has 1 rings (SSSR count). The maximum absolute atomic E-state index is 13.7. The summed E-state index contributed by atoms with van der Waals surface area (Å²) in [6.45, 7) is 3.79. The van der Waals surface area contributed by atoms with Crippen LogP contribution in [0.3, 0.4) is 0 Å². The van der Waals surface area contributed by atoms with E-state index in [1.807, 2.05) is 13.8 Å². The largest absolute Gasteiger partial charge is 0.419 e. The summed E-state index contributed by atoms with van der Waals surface area (Å²) in [7, 11) is 0. The standard InChI is InChI=1S/C14H16F4O/c1-3-9(4-2)8-12(19)10-6-5-7-11(13(10)15)14(16,17)18/h5-7,9H,3-4,8H2,1-2H3. The molecule has 0 saturated heterocycles. The molecule has 0 amide bonds. The fraction of sp³-hybridized carbons (Fsp3) is 0.500. The predicted molar refractivity (Wildman–Crippen MR) is 64.4 cm³/mol. The van der Waals surface area contributed by atoms with E-state index in [1.165, 1.54) is 0 Å². The van der Waals surface area contributed by atoms with Crippen molar-refractivity contribution >= 4 is 5.78 Å². The Hall–Kier alpha value is -1.39. The van der Waals surface area contributed by atoms with Crippen LogP contribution in [-0.4, -0.2) is 5.78 Å². The molecule has 1 aromatic rings. The normalized spacial score (nSPS) is 11.9. The van der Waals surface area contributed by atoms with Gasteiger partial charge in [-0.05, 0) is 18.1 Å². The molecule has 0 saturated carbocycles. The van der Waals surface area contributed by atoms with Gasteiger partial charge in [0.25, 0.3) is 0 Å². The van der Waals surface area contributed by atoms with Gasteiger partial charge >= 0.3 is 6.18 Å². The minimum atomic E-state index is -4.78. The first-order valence-corrected chi connectivity index (χ1v) is 6.20. The summed E-state index contributed by atoms with van der Waals surface area (Å²) in [6.07, 6.45) is -3.23. The predicted octanol–water partition coefficient (Wildman–Crippen LogP) is 4.85. The van der Waals surface area contributed by atoms with E-state index in [-0.39, 0.29) is 12.3 Å². The van der Waals surface area contributed by atoms with Gasteiger partial charge in [0.15, 0.2) is 5.78 Å². The highest BCUT2D eigenvalue weighted by molar-refractivity contribution is 5.96. The Bertz CT molecular complexity index is 447. The van der Waals surface area contributed by atoms with Gasteiger partial charge in [-0.15, -0.1) is 0 Å². The summed E-state index contributed by atoms with van der Waals surface area (Å²) >= 11 is 0. The molecule has 0 heterocycles. The van der Waals surface area contributed by atoms with Crippen molar-refractivity contribution in [2.75, 3.05) is 0 Å². The molecule has 1 nitrogen and oxygen atoms in total. The van der Waals surface area contributed by atoms with Crippen molar-refractivity contribution in [2.45, 2.75) is 39.3 Å². The molecule has 0 aliphatic carbocycles. The van der Waals surface area contributed by atoms with Crippen LogP contribution in [0.4, 0.5) is 17.6 Å². The van der Waals surface area contributed by atoms with E-state index in [9.17, 15) is 22.4 Å². The highest BCUT2D eigenvalue weighted by atomic mass is 19.4. The van der Waals surface area contributed by atoms with Gasteiger partial charge < -0.3 is 0 Å². The van der Waals surface area contributed by atoms with Crippen LogP contribution < -0.4 is 0 Å². The molecule has 0 unspecified atom stereocenters. The minimum Gasteiger partial charge on any atom is -0.294 e. The lowest BCUT2D eigenvalue weighted by atomic mass is 9.93. The number of ketones is 1. The van der Waals surface area contributed by atoms with Gasteiger partial charge in [-0.3, -0.25) is 4.79 Å². The molecule has 0 aromatic heterocycles. The Morgan fingerprint density at radius 3 is 2.26 bits per heavy atom. The van der Waals surface area contributed by atoms with Gasteiger partial charge in [-0.2, -0.15) is 13.2 Å². The van der Waals surface area contributed by atoms with Crippen molar-refractivity contribution in [3.63, 3.8) is 0 Å². The highest BCUT2D eigenvalue weighted by Gasteiger charge is 2.35. The van der Waals surface area contributed by atoms with Crippen LogP contribution in [0.25, 0.3) is 0 Å². The topological polar surface area (TPSA) is 17.1 Å². The van der Waals surface area contributed by atoms with E-state index < -0.39 is 28.9 Å². The van der Waals surface area contributed by atoms with Crippen LogP contribution in [0, 0.1) is 11.7 Å². The fourth-order valence-electron chi connectivity index (χ4n) is 1.92. The second-order valence-corrected chi connectivity index (χ2v) is 4.47. The Labute approximate surface area is 109 Å². The molecule has 0 fully saturated rings. The third kappa shape index (κ3) is 3.78. The minimum absolute atomic E-state index is 0.0708. The Kier molecular flexibility index (Phi) is 5.09. The number of hydrogen-bond donors (Lipinski definition) is 0. The lowest BCUT2D eigenvalue weighted by molar-refractivity contribution is -0.140. The summed E-state index contributed by atoms with van der Waals surface area (Å²) in [5, 5.41) is 0. The van der Waals surface area contributed by atoms with Crippen molar-refractivity contribution in [3.8, 4) is 0 Å². The van der Waals surface area contributed by atoms with Gasteiger partial charge in [-0.1, -0.05) is 32.8 Å². The first-order chi connectivity index (χ1) is 8.81. The Balaban J connectivity index is 3.05. The number of Topliss-reactive ketones (excluding diaryl/α,β-unsaturated/α-hetero) is 1. The van der Waals surface area contributed by atoms with Crippen LogP contribution in [-0.2, 0) is 6.18 Å². The van der Waals surface area contributed by atoms with E-state index in [0.717, 1.165) is 25.0 Å². The van der Waals surface area contributed by atoms with Crippen molar-refractivity contribution in [2.24, 2.45) is 5.92 Å². The van der Waals surface area contributed by atoms with Crippen LogP contribution in [0.2, 0.25) is 0 Å². The Morgan fingerprint density at radius 2 is 1.79 bits per heavy atom. The second-order valence-electron chi connectivity index (χ2n) is 4.47. The van der Waals surface area contributed by atoms with Crippen molar-refractivity contribution in [1.29, 1.82) is 0 Å². The summed E-state index contributed by atoms with van der Waals surface area (Å²) in [5.41, 5.74) is -1.86. The average molecular weight is 276 g/mol. The Morgan fingerprint density at radius 1 is 1.21 bits per heavy atom. The van der Waals surface area contributed by atoms with Gasteiger partial charge in [-0.25, -0.2) is 4.39 Å². The number of benzene rings is 1. The molecule has 0 atom stereocenters. The summed E-state index contributed by atoms with van der Waals surface area (Å²) in [4.78, 5) is 11.9. The molecule has 0 bridgehead atoms. The number of rotatable bonds is 5. The van der Waals surface area contributed by atoms with Gasteiger partial charge in [0.2, 0.25) is 0 Å². The van der Waals surface area contributed by atoms with E-state index in [4.69, 9.17) is 0 Å². The second kappa shape index (κ2) is 6.17. The first kappa shape index (κ1) is 15.7. The van der Waals surface area contributed by atoms with Crippen molar-refractivity contribution in [3.05, 3.63) is 35.1 Å². The molecule has 0 aliphatic rings. The lowest BCUT2D eigenvalue weighted by Gasteiger charge is -2.13. The van der Waals surface area contributed by atoms with E-state index in [1.54, 1.807) is 0 Å². The van der Waals surface area contributed by atoms with Gasteiger partial charge in [0.1, 0.15) is 5.82 Å². The molecule has 0 spiro atoms. The van der Waals surface area contributed by atoms with Crippen LogP contribution in [0.5, 0.6) is 0 Å². The van der Waals surface area contributed by atoms with Gasteiger partial charge in [0.05, 0.1) is 11.1 Å².